The molecule has 160 valence electrons. The summed E-state index contributed by atoms with van der Waals surface area (Å²) in [5.41, 5.74) is 1.70. The number of nitrogens with one attached hydrogen (secondary N) is 4. The Labute approximate surface area is 179 Å². The summed E-state index contributed by atoms with van der Waals surface area (Å²) in [4.78, 5) is 16.8. The van der Waals surface area contributed by atoms with Crippen molar-refractivity contribution in [2.75, 3.05) is 5.32 Å². The minimum Gasteiger partial charge on any atom is -0.478 e. The molecule has 4 N–H and O–H groups in total. The second kappa shape index (κ2) is 8.10. The van der Waals surface area contributed by atoms with Crippen LogP contribution in [0.3, 0.4) is 0 Å². The zero-order valence-electron chi connectivity index (χ0n) is 17.9. The number of nitrogens with zero attached hydrogens (tertiary/aromatic N) is 3. The number of fused-ring (bicyclic) bond motifs is 1. The molecule has 31 heavy (non-hydrogen) atoms. The predicted octanol–water partition coefficient (Wildman–Crippen LogP) is 3.77. The van der Waals surface area contributed by atoms with Crippen LogP contribution >= 0.6 is 0 Å². The monoisotopic (exact) mass is 419 g/mol. The van der Waals surface area contributed by atoms with Gasteiger partial charge in [0.1, 0.15) is 5.75 Å². The second-order valence-electron chi connectivity index (χ2n) is 8.07. The van der Waals surface area contributed by atoms with Gasteiger partial charge in [-0.2, -0.15) is 10.1 Å². The first-order chi connectivity index (χ1) is 14.8. The summed E-state index contributed by atoms with van der Waals surface area (Å²) in [6.45, 7) is 7.32. The van der Waals surface area contributed by atoms with E-state index < -0.39 is 5.60 Å². The van der Waals surface area contributed by atoms with E-state index in [0.717, 1.165) is 22.2 Å². The maximum Gasteiger partial charge on any atom is 0.263 e. The first-order valence-corrected chi connectivity index (χ1v) is 10.0. The van der Waals surface area contributed by atoms with Crippen LogP contribution in [-0.4, -0.2) is 42.9 Å². The lowest BCUT2D eigenvalue weighted by atomic mass is 10.1. The number of hydrogen-bond donors (Lipinski definition) is 4. The van der Waals surface area contributed by atoms with E-state index in [2.05, 4.69) is 36.0 Å². The van der Waals surface area contributed by atoms with Crippen LogP contribution in [0.4, 0.5) is 11.6 Å². The molecule has 4 aromatic rings. The highest BCUT2D eigenvalue weighted by Crippen LogP contribution is 2.25. The Morgan fingerprint density at radius 1 is 1.10 bits per heavy atom. The predicted molar refractivity (Wildman–Crippen MR) is 119 cm³/mol. The summed E-state index contributed by atoms with van der Waals surface area (Å²) in [5, 5.41) is 21.2. The molecule has 0 bridgehead atoms. The topological polar surface area (TPSA) is 121 Å². The van der Waals surface area contributed by atoms with Gasteiger partial charge in [0.15, 0.2) is 11.4 Å². The molecule has 0 unspecified atom stereocenters. The summed E-state index contributed by atoms with van der Waals surface area (Å²) in [6, 6.07) is 13.2. The van der Waals surface area contributed by atoms with Crippen molar-refractivity contribution in [3.8, 4) is 17.1 Å². The van der Waals surface area contributed by atoms with Gasteiger partial charge in [0, 0.05) is 22.7 Å². The first-order valence-electron chi connectivity index (χ1n) is 10.0. The number of rotatable bonds is 7. The highest BCUT2D eigenvalue weighted by atomic mass is 16.5. The number of aromatic nitrogens is 5. The molecule has 0 aliphatic carbocycles. The summed E-state index contributed by atoms with van der Waals surface area (Å²) in [7, 11) is 0. The lowest BCUT2D eigenvalue weighted by Crippen LogP contribution is -2.48. The third-order valence-corrected chi connectivity index (χ3v) is 4.65. The molecule has 0 aliphatic rings. The van der Waals surface area contributed by atoms with E-state index in [0.29, 0.717) is 17.5 Å². The van der Waals surface area contributed by atoms with Gasteiger partial charge in [0.25, 0.3) is 5.91 Å². The van der Waals surface area contributed by atoms with E-state index >= 15 is 0 Å². The van der Waals surface area contributed by atoms with Crippen LogP contribution in [0.15, 0.2) is 48.7 Å². The van der Waals surface area contributed by atoms with Crippen LogP contribution in [0.2, 0.25) is 0 Å². The lowest BCUT2D eigenvalue weighted by Gasteiger charge is -2.26. The SMILES string of the molecule is CC(C)NC(=O)C(C)(C)Oc1ccc(-c2nc(Nc3ccc4[nH]ncc4c3)n[nH]2)cc1. The molecule has 0 atom stereocenters. The van der Waals surface area contributed by atoms with Crippen LogP contribution in [0.25, 0.3) is 22.3 Å². The molecule has 1 amide bonds. The van der Waals surface area contributed by atoms with Crippen molar-refractivity contribution in [2.45, 2.75) is 39.3 Å². The van der Waals surface area contributed by atoms with Gasteiger partial charge < -0.3 is 15.4 Å². The first kappa shape index (κ1) is 20.4. The maximum absolute atomic E-state index is 12.3. The van der Waals surface area contributed by atoms with Gasteiger partial charge >= 0.3 is 0 Å². The number of H-pyrrole nitrogens is 2. The Balaban J connectivity index is 1.43. The van der Waals surface area contributed by atoms with Crippen LogP contribution in [-0.2, 0) is 4.79 Å². The van der Waals surface area contributed by atoms with Crippen LogP contribution in [0.5, 0.6) is 5.75 Å². The highest BCUT2D eigenvalue weighted by Gasteiger charge is 2.30. The van der Waals surface area contributed by atoms with Gasteiger partial charge in [-0.15, -0.1) is 5.10 Å². The van der Waals surface area contributed by atoms with Gasteiger partial charge in [0.05, 0.1) is 11.7 Å². The quantitative estimate of drug-likeness (QED) is 0.362. The van der Waals surface area contributed by atoms with Gasteiger partial charge in [-0.05, 0) is 70.2 Å². The van der Waals surface area contributed by atoms with Gasteiger partial charge in [-0.25, -0.2) is 0 Å². The standard InChI is InChI=1S/C22H25N7O2/c1-13(2)24-20(30)22(3,4)31-17-8-5-14(6-9-17)19-26-21(29-28-19)25-16-7-10-18-15(11-16)12-23-27-18/h5-13H,1-4H3,(H,23,27)(H,24,30)(H2,25,26,28,29). The van der Waals surface area contributed by atoms with Crippen LogP contribution in [0.1, 0.15) is 27.7 Å². The van der Waals surface area contributed by atoms with E-state index in [1.54, 1.807) is 20.0 Å². The fourth-order valence-corrected chi connectivity index (χ4v) is 3.05. The third-order valence-electron chi connectivity index (χ3n) is 4.65. The van der Waals surface area contributed by atoms with Gasteiger partial charge in [-0.3, -0.25) is 15.0 Å². The van der Waals surface area contributed by atoms with E-state index in [-0.39, 0.29) is 11.9 Å². The van der Waals surface area contributed by atoms with Crippen molar-refractivity contribution >= 4 is 28.4 Å². The molecule has 4 rings (SSSR count). The number of aromatic amines is 2. The summed E-state index contributed by atoms with van der Waals surface area (Å²) >= 11 is 0. The second-order valence-corrected chi connectivity index (χ2v) is 8.07. The van der Waals surface area contributed by atoms with E-state index in [9.17, 15) is 4.79 Å². The largest absolute Gasteiger partial charge is 0.478 e. The van der Waals surface area contributed by atoms with Crippen molar-refractivity contribution in [1.29, 1.82) is 0 Å². The molecule has 2 aromatic heterocycles. The molecule has 0 saturated carbocycles. The Morgan fingerprint density at radius 3 is 2.61 bits per heavy atom. The highest BCUT2D eigenvalue weighted by molar-refractivity contribution is 5.85. The number of carbonyl (C=O) groups excluding carboxylic acids is 1. The molecule has 9 heteroatoms. The van der Waals surface area contributed by atoms with Crippen molar-refractivity contribution in [1.82, 2.24) is 30.7 Å². The molecule has 0 aliphatic heterocycles. The van der Waals surface area contributed by atoms with Crippen LogP contribution in [0, 0.1) is 0 Å². The van der Waals surface area contributed by atoms with Crippen LogP contribution < -0.4 is 15.4 Å². The van der Waals surface area contributed by atoms with Gasteiger partial charge in [0.2, 0.25) is 5.95 Å². The number of amides is 1. The van der Waals surface area contributed by atoms with Crippen molar-refractivity contribution in [3.05, 3.63) is 48.7 Å². The number of hydrogen-bond acceptors (Lipinski definition) is 6. The number of anilines is 2. The average molecular weight is 419 g/mol. The van der Waals surface area contributed by atoms with E-state index in [4.69, 9.17) is 4.74 Å². The zero-order chi connectivity index (χ0) is 22.0. The molecule has 2 aromatic carbocycles. The fourth-order valence-electron chi connectivity index (χ4n) is 3.05. The van der Waals surface area contributed by atoms with Crippen molar-refractivity contribution in [2.24, 2.45) is 0 Å². The van der Waals surface area contributed by atoms with Crippen molar-refractivity contribution in [3.63, 3.8) is 0 Å². The number of carbonyl (C=O) groups is 1. The normalized spacial score (nSPS) is 11.6. The minimum absolute atomic E-state index is 0.0496. The molecule has 0 spiro atoms. The molecular formula is C22H25N7O2. The Morgan fingerprint density at radius 2 is 1.87 bits per heavy atom. The Kier molecular flexibility index (Phi) is 5.33. The number of ether oxygens (including phenoxy) is 1. The van der Waals surface area contributed by atoms with E-state index in [1.807, 2.05) is 56.3 Å². The maximum atomic E-state index is 12.3. The smallest absolute Gasteiger partial charge is 0.263 e. The fraction of sp³-hybridized carbons (Fsp3) is 0.273. The molecule has 2 heterocycles. The Bertz CT molecular complexity index is 1190. The molecule has 0 radical (unpaired) electrons. The molecule has 0 fully saturated rings. The zero-order valence-corrected chi connectivity index (χ0v) is 17.9. The summed E-state index contributed by atoms with van der Waals surface area (Å²) in [6.07, 6.45) is 1.77. The minimum atomic E-state index is -0.981. The van der Waals surface area contributed by atoms with Crippen molar-refractivity contribution < 1.29 is 9.53 Å². The summed E-state index contributed by atoms with van der Waals surface area (Å²) < 4.78 is 5.89. The van der Waals surface area contributed by atoms with Gasteiger partial charge in [-0.1, -0.05) is 0 Å². The number of benzene rings is 2. The lowest BCUT2D eigenvalue weighted by molar-refractivity contribution is -0.134. The molecular weight excluding hydrogens is 394 g/mol. The third kappa shape index (κ3) is 4.66. The average Bonchev–Trinajstić information content (AvgIpc) is 3.37. The van der Waals surface area contributed by atoms with E-state index in [1.165, 1.54) is 0 Å². The molecule has 0 saturated heterocycles. The molecule has 9 nitrogen and oxygen atoms in total. The Hall–Kier alpha value is -3.88. The summed E-state index contributed by atoms with van der Waals surface area (Å²) in [5.74, 6) is 1.52.